The van der Waals surface area contributed by atoms with Crippen LogP contribution in [-0.2, 0) is 499 Å². The Labute approximate surface area is 524 Å². The second kappa shape index (κ2) is 161. The minimum Gasteiger partial charge on any atom is -0.521 e. The fraction of sp³-hybridized carbons (Fsp3) is 0.667. The molecule has 0 amide bonds. The Kier molecular flexibility index (Phi) is 945. The van der Waals surface area contributed by atoms with Crippen LogP contribution in [0.15, 0.2) is 0 Å². The van der Waals surface area contributed by atoms with Crippen molar-refractivity contribution in [2.45, 2.75) is 20.0 Å². The van der Waals surface area contributed by atoms with Crippen molar-refractivity contribution in [3.8, 4) is 0 Å². The van der Waals surface area contributed by atoms with E-state index in [0.29, 0.717) is 0 Å². The van der Waals surface area contributed by atoms with Crippen molar-refractivity contribution in [1.29, 1.82) is 0 Å². The van der Waals surface area contributed by atoms with Crippen LogP contribution in [0.3, 0.4) is 0 Å². The van der Waals surface area contributed by atoms with Crippen LogP contribution in [0, 0.1) is 6.61 Å². The summed E-state index contributed by atoms with van der Waals surface area (Å²) in [5.74, 6) is -0.455. The molecule has 0 heterocycles. The Morgan fingerprint density at radius 3 is 0.719 bits per heavy atom. The first-order valence-electron chi connectivity index (χ1n) is 2.73. The van der Waals surface area contributed by atoms with E-state index in [0.717, 1.165) is 6.61 Å². The summed E-state index contributed by atoms with van der Waals surface area (Å²) in [4.78, 5) is 10.3. The molecule has 0 atom stereocenters. The van der Waals surface area contributed by atoms with E-state index in [1.54, 1.807) is 0 Å². The zero-order valence-electron chi connectivity index (χ0n) is 15.3. The van der Waals surface area contributed by atoms with Crippen molar-refractivity contribution in [3.63, 3.8) is 0 Å². The van der Waals surface area contributed by atoms with Crippen LogP contribution in [-0.4, -0.2) is 19.2 Å². The SMILES string of the molecule is COC(=O)[CH-]OC(C)C.[W].[W].[W].[W].[W].[W].[W].[W].[W].[W].[W].[W].[W].[W].[W].[W].[W].[W].[W].[W].[W].[W].[W]. The molecule has 0 saturated heterocycles. The normalized spacial score (nSPS) is 2.62. The first-order chi connectivity index (χ1) is 4.16. The quantitative estimate of drug-likeness (QED) is 0.309. The average molecular weight is 4360 g/mol. The van der Waals surface area contributed by atoms with Crippen molar-refractivity contribution in [2.75, 3.05) is 7.11 Å². The summed E-state index contributed by atoms with van der Waals surface area (Å²) in [7, 11) is 1.31. The van der Waals surface area contributed by atoms with Crippen LogP contribution in [0.4, 0.5) is 0 Å². The second-order valence-corrected chi connectivity index (χ2v) is 1.83. The third kappa shape index (κ3) is 179. The predicted octanol–water partition coefficient (Wildman–Crippen LogP) is 0.689. The van der Waals surface area contributed by atoms with Gasteiger partial charge in [0.25, 0.3) is 0 Å². The van der Waals surface area contributed by atoms with Crippen molar-refractivity contribution in [3.05, 3.63) is 6.61 Å². The Hall–Kier alpha value is 15.1. The molecule has 0 aromatic carbocycles. The summed E-state index contributed by atoms with van der Waals surface area (Å²) >= 11 is 0. The van der Waals surface area contributed by atoms with E-state index < -0.39 is 5.97 Å². The third-order valence-electron chi connectivity index (χ3n) is 0.638. The molecule has 0 N–H and O–H groups in total. The Balaban J connectivity index is -0.00000000126. The van der Waals surface area contributed by atoms with Crippen molar-refractivity contribution >= 4 is 5.97 Å². The molecule has 192 valence electrons. The second-order valence-electron chi connectivity index (χ2n) is 1.83. The van der Waals surface area contributed by atoms with Gasteiger partial charge in [0, 0.05) is 491 Å². The topological polar surface area (TPSA) is 35.5 Å². The molecule has 0 aliphatic rings. The van der Waals surface area contributed by atoms with Gasteiger partial charge < -0.3 is 9.47 Å². The van der Waals surface area contributed by atoms with E-state index in [4.69, 9.17) is 4.74 Å². The van der Waals surface area contributed by atoms with E-state index in [9.17, 15) is 4.79 Å². The molecule has 32 heavy (non-hydrogen) atoms. The van der Waals surface area contributed by atoms with Crippen LogP contribution in [0.2, 0.25) is 0 Å². The number of esters is 1. The number of methoxy groups -OCH3 is 1. The van der Waals surface area contributed by atoms with Crippen LogP contribution in [0.5, 0.6) is 0 Å². The summed E-state index contributed by atoms with van der Waals surface area (Å²) in [6, 6.07) is 0. The van der Waals surface area contributed by atoms with E-state index >= 15 is 0 Å². The molecule has 26 heteroatoms. The first-order valence-corrected chi connectivity index (χ1v) is 2.73. The summed E-state index contributed by atoms with van der Waals surface area (Å²) in [5.41, 5.74) is 0. The molecule has 0 aliphatic heterocycles. The molecular weight excluding hydrogens is 4350 g/mol. The molecule has 0 saturated carbocycles. The first kappa shape index (κ1) is 187. The molecule has 0 unspecified atom stereocenters. The molecule has 0 rings (SSSR count). The summed E-state index contributed by atoms with van der Waals surface area (Å²) in [6.07, 6.45) is 0.0316. The number of ether oxygens (including phenoxy) is 2. The minimum atomic E-state index is -0.455. The van der Waals surface area contributed by atoms with E-state index in [-0.39, 0.29) is 491 Å². The molecule has 0 spiro atoms. The number of carbonyl (C=O) groups is 1. The maximum atomic E-state index is 10.3. The number of rotatable bonds is 3. The van der Waals surface area contributed by atoms with Gasteiger partial charge in [-0.3, -0.25) is 4.79 Å². The van der Waals surface area contributed by atoms with Crippen molar-refractivity contribution in [2.24, 2.45) is 0 Å². The van der Waals surface area contributed by atoms with Crippen LogP contribution < -0.4 is 0 Å². The number of hydrogen-bond acceptors (Lipinski definition) is 3. The Morgan fingerprint density at radius 2 is 0.625 bits per heavy atom. The molecular formula is C6H11O3W23-. The smallest absolute Gasteiger partial charge is 0.190 e. The maximum absolute atomic E-state index is 10.3. The molecule has 0 aromatic heterocycles. The largest absolute Gasteiger partial charge is 0.521 e. The van der Waals surface area contributed by atoms with E-state index in [1.165, 1.54) is 7.11 Å². The van der Waals surface area contributed by atoms with Gasteiger partial charge in [-0.05, 0) is 13.8 Å². The van der Waals surface area contributed by atoms with Crippen LogP contribution in [0.1, 0.15) is 13.8 Å². The molecule has 3 nitrogen and oxygen atoms in total. The molecule has 0 fully saturated rings. The Bertz CT molecular complexity index is 116. The fourth-order valence-corrected chi connectivity index (χ4v) is 0.240. The summed E-state index contributed by atoms with van der Waals surface area (Å²) in [6.45, 7) is 4.73. The fourth-order valence-electron chi connectivity index (χ4n) is 0.240. The van der Waals surface area contributed by atoms with Crippen molar-refractivity contribution < 1.29 is 499 Å². The molecule has 0 aromatic rings. The van der Waals surface area contributed by atoms with Crippen LogP contribution >= 0.6 is 0 Å². The molecule has 0 radical (unpaired) electrons. The maximum Gasteiger partial charge on any atom is 0.190 e. The zero-order valence-corrected chi connectivity index (χ0v) is 82.7. The third-order valence-corrected chi connectivity index (χ3v) is 0.638. The molecule has 0 bridgehead atoms. The van der Waals surface area contributed by atoms with Gasteiger partial charge in [-0.25, -0.2) is 0 Å². The van der Waals surface area contributed by atoms with E-state index in [2.05, 4.69) is 4.74 Å². The van der Waals surface area contributed by atoms with Gasteiger partial charge in [0.2, 0.25) is 0 Å². The summed E-state index contributed by atoms with van der Waals surface area (Å²) in [5, 5.41) is 0. The van der Waals surface area contributed by atoms with Gasteiger partial charge >= 0.3 is 0 Å². The average Bonchev–Trinajstić information content (AvgIpc) is 1.83. The number of hydrogen-bond donors (Lipinski definition) is 0. The van der Waals surface area contributed by atoms with Gasteiger partial charge in [0.05, 0.1) is 7.11 Å². The standard InChI is InChI=1S/C6H11O3.23W/c1-5(2)9-4-6(7)8-3;;;;;;;;;;;;;;;;;;;;;;;/h4-5H,1-3H3;;;;;;;;;;;;;;;;;;;;;;;/q-1;;;;;;;;;;;;;;;;;;;;;;;. The van der Waals surface area contributed by atoms with Crippen molar-refractivity contribution in [1.82, 2.24) is 0 Å². The van der Waals surface area contributed by atoms with Gasteiger partial charge in [0.1, 0.15) is 0 Å². The minimum absolute atomic E-state index is 0. The van der Waals surface area contributed by atoms with Gasteiger partial charge in [-0.15, -0.1) is 0 Å². The summed E-state index contributed by atoms with van der Waals surface area (Å²) < 4.78 is 9.08. The Morgan fingerprint density at radius 1 is 0.469 bits per heavy atom. The molecule has 0 aliphatic carbocycles. The van der Waals surface area contributed by atoms with Gasteiger partial charge in [-0.1, -0.05) is 0 Å². The number of carbonyl (C=O) groups excluding carboxylic acids is 1. The van der Waals surface area contributed by atoms with E-state index in [1.807, 2.05) is 13.8 Å². The zero-order chi connectivity index (χ0) is 7.28. The predicted molar refractivity (Wildman–Crippen MR) is 32.5 cm³/mol. The van der Waals surface area contributed by atoms with Gasteiger partial charge in [-0.2, -0.15) is 6.61 Å². The van der Waals surface area contributed by atoms with Crippen LogP contribution in [0.25, 0.3) is 0 Å². The van der Waals surface area contributed by atoms with Gasteiger partial charge in [0.15, 0.2) is 5.97 Å². The monoisotopic (exact) mass is 4360 g/mol.